The highest BCUT2D eigenvalue weighted by atomic mass is 79.9. The first-order chi connectivity index (χ1) is 10.1. The molecule has 0 fully saturated rings. The zero-order chi connectivity index (χ0) is 16.7. The van der Waals surface area contributed by atoms with E-state index in [0.717, 1.165) is 17.4 Å². The largest absolute Gasteiger partial charge is 0.294 e. The van der Waals surface area contributed by atoms with E-state index in [1.807, 2.05) is 4.72 Å². The Labute approximate surface area is 138 Å². The molecule has 0 amide bonds. The number of nitrogens with one attached hydrogen (secondary N) is 1. The third kappa shape index (κ3) is 3.13. The summed E-state index contributed by atoms with van der Waals surface area (Å²) in [7, 11) is -4.52. The van der Waals surface area contributed by atoms with Crippen molar-refractivity contribution in [3.05, 3.63) is 33.0 Å². The first-order valence-electron chi connectivity index (χ1n) is 6.00. The predicted octanol–water partition coefficient (Wildman–Crippen LogP) is 3.60. The van der Waals surface area contributed by atoms with E-state index in [0.29, 0.717) is 11.8 Å². The fourth-order valence-corrected chi connectivity index (χ4v) is 4.70. The van der Waals surface area contributed by atoms with Gasteiger partial charge in [-0.3, -0.25) is 9.52 Å². The second kappa shape index (κ2) is 5.82. The smallest absolute Gasteiger partial charge is 0.274 e. The van der Waals surface area contributed by atoms with Crippen LogP contribution in [0.3, 0.4) is 0 Å². The number of allylic oxidation sites excluding steroid dienone is 3. The Morgan fingerprint density at radius 2 is 2.18 bits per heavy atom. The molecular weight excluding hydrogens is 402 g/mol. The normalized spacial score (nSPS) is 22.0. The van der Waals surface area contributed by atoms with Crippen LogP contribution in [0.5, 0.6) is 0 Å². The van der Waals surface area contributed by atoms with Gasteiger partial charge in [0.15, 0.2) is 10.9 Å². The number of hydrogen-bond donors (Lipinski definition) is 1. The third-order valence-electron chi connectivity index (χ3n) is 2.91. The highest BCUT2D eigenvalue weighted by Crippen LogP contribution is 2.38. The molecule has 1 N–H and O–H groups in total. The van der Waals surface area contributed by atoms with Gasteiger partial charge in [0.2, 0.25) is 0 Å². The number of sulfonamides is 1. The molecule has 2 rings (SSSR count). The fourth-order valence-electron chi connectivity index (χ4n) is 1.80. The molecule has 1 aromatic rings. The minimum atomic E-state index is -4.52. The molecule has 0 radical (unpaired) electrons. The highest BCUT2D eigenvalue weighted by molar-refractivity contribution is 9.12. The van der Waals surface area contributed by atoms with Crippen molar-refractivity contribution in [3.63, 3.8) is 0 Å². The average molecular weight is 413 g/mol. The molecule has 22 heavy (non-hydrogen) atoms. The third-order valence-corrected chi connectivity index (χ3v) is 6.47. The summed E-state index contributed by atoms with van der Waals surface area (Å²) in [5.74, 6) is -0.992. The summed E-state index contributed by atoms with van der Waals surface area (Å²) in [6.45, 7) is 2.87. The molecule has 1 aliphatic carbocycles. The molecule has 10 heteroatoms. The number of nitrogens with zero attached hydrogens (tertiary/aromatic N) is 1. The van der Waals surface area contributed by atoms with E-state index in [2.05, 4.69) is 20.9 Å². The van der Waals surface area contributed by atoms with Gasteiger partial charge >= 0.3 is 0 Å². The lowest BCUT2D eigenvalue weighted by Crippen LogP contribution is -2.37. The lowest BCUT2D eigenvalue weighted by molar-refractivity contribution is 0.102. The van der Waals surface area contributed by atoms with Crippen LogP contribution in [-0.2, 0) is 10.0 Å². The van der Waals surface area contributed by atoms with Gasteiger partial charge in [0, 0.05) is 13.3 Å². The average Bonchev–Trinajstić information content (AvgIpc) is 2.74. The zero-order valence-corrected chi connectivity index (χ0v) is 14.7. The van der Waals surface area contributed by atoms with Crippen molar-refractivity contribution in [1.82, 2.24) is 4.98 Å². The summed E-state index contributed by atoms with van der Waals surface area (Å²) in [5.41, 5.74) is 0.356. The van der Waals surface area contributed by atoms with Crippen molar-refractivity contribution in [2.24, 2.45) is 0 Å². The molecule has 1 heterocycles. The maximum Gasteiger partial charge on any atom is 0.274 e. The molecule has 0 saturated heterocycles. The number of ketones is 1. The van der Waals surface area contributed by atoms with Gasteiger partial charge in [-0.25, -0.2) is 22.2 Å². The number of anilines is 1. The fraction of sp³-hybridized carbons (Fsp3) is 0.333. The Morgan fingerprint density at radius 3 is 2.68 bits per heavy atom. The maximum atomic E-state index is 14.7. The molecule has 1 unspecified atom stereocenters. The molecule has 120 valence electrons. The molecule has 1 atom stereocenters. The highest BCUT2D eigenvalue weighted by Gasteiger charge is 2.44. The van der Waals surface area contributed by atoms with Crippen molar-refractivity contribution < 1.29 is 22.0 Å². The number of halogens is 3. The van der Waals surface area contributed by atoms with E-state index in [9.17, 15) is 22.0 Å². The number of rotatable bonds is 4. The second-order valence-electron chi connectivity index (χ2n) is 4.63. The minimum absolute atomic E-state index is 0.112. The molecule has 0 aromatic carbocycles. The van der Waals surface area contributed by atoms with E-state index in [-0.39, 0.29) is 20.3 Å². The van der Waals surface area contributed by atoms with Gasteiger partial charge in [-0.1, -0.05) is 11.3 Å². The first kappa shape index (κ1) is 17.2. The summed E-state index contributed by atoms with van der Waals surface area (Å²) in [5, 5.41) is -2.92. The standard InChI is InChI=1S/C12H11BrF2N2O3S2/c1-6-10(7(2)18)21-11(16-6)17-22(19,20)12(15)4-3-9(14)8(13)5-12/h3,5H,4H2,1-2H3,(H,16,17). The van der Waals surface area contributed by atoms with E-state index >= 15 is 0 Å². The number of carbonyl (C=O) groups is 1. The molecular formula is C12H11BrF2N2O3S2. The summed E-state index contributed by atoms with van der Waals surface area (Å²) in [6, 6.07) is 0. The topological polar surface area (TPSA) is 76.1 Å². The predicted molar refractivity (Wildman–Crippen MR) is 84.1 cm³/mol. The number of hydrogen-bond acceptors (Lipinski definition) is 5. The van der Waals surface area contributed by atoms with Gasteiger partial charge in [-0.05, 0) is 35.0 Å². The van der Waals surface area contributed by atoms with Gasteiger partial charge in [-0.2, -0.15) is 0 Å². The number of aromatic nitrogens is 1. The number of carbonyl (C=O) groups excluding carboxylic acids is 1. The lowest BCUT2D eigenvalue weighted by Gasteiger charge is -2.23. The van der Waals surface area contributed by atoms with E-state index in [1.165, 1.54) is 6.92 Å². The van der Waals surface area contributed by atoms with Crippen molar-refractivity contribution in [2.45, 2.75) is 25.3 Å². The maximum absolute atomic E-state index is 14.7. The Hall–Kier alpha value is -1.13. The Bertz CT molecular complexity index is 801. The van der Waals surface area contributed by atoms with Crippen LogP contribution >= 0.6 is 27.3 Å². The second-order valence-corrected chi connectivity index (χ2v) is 8.37. The van der Waals surface area contributed by atoms with E-state index in [4.69, 9.17) is 0 Å². The van der Waals surface area contributed by atoms with Crippen LogP contribution in [0.15, 0.2) is 22.5 Å². The van der Waals surface area contributed by atoms with Crippen molar-refractivity contribution in [2.75, 3.05) is 4.72 Å². The summed E-state index contributed by atoms with van der Waals surface area (Å²) in [6.07, 6.45) is 0.835. The van der Waals surface area contributed by atoms with E-state index < -0.39 is 27.3 Å². The minimum Gasteiger partial charge on any atom is -0.294 e. The zero-order valence-electron chi connectivity index (χ0n) is 11.5. The van der Waals surface area contributed by atoms with Gasteiger partial charge < -0.3 is 0 Å². The van der Waals surface area contributed by atoms with Crippen molar-refractivity contribution >= 4 is 48.2 Å². The Morgan fingerprint density at radius 1 is 1.55 bits per heavy atom. The summed E-state index contributed by atoms with van der Waals surface area (Å²) in [4.78, 5) is 15.5. The molecule has 0 aliphatic heterocycles. The van der Waals surface area contributed by atoms with Crippen LogP contribution in [0.1, 0.15) is 28.7 Å². The Balaban J connectivity index is 2.33. The van der Waals surface area contributed by atoms with Crippen LogP contribution in [0.2, 0.25) is 0 Å². The van der Waals surface area contributed by atoms with Crippen LogP contribution in [0.25, 0.3) is 0 Å². The quantitative estimate of drug-likeness (QED) is 0.766. The SMILES string of the molecule is CC(=O)c1sc(NS(=O)(=O)C2(F)C=C(Br)C(F)=CC2)nc1C. The lowest BCUT2D eigenvalue weighted by atomic mass is 10.1. The summed E-state index contributed by atoms with van der Waals surface area (Å²) < 4.78 is 54.0. The van der Waals surface area contributed by atoms with Crippen LogP contribution in [0, 0.1) is 6.92 Å². The first-order valence-corrected chi connectivity index (χ1v) is 9.09. The van der Waals surface area contributed by atoms with Gasteiger partial charge in [0.05, 0.1) is 15.1 Å². The van der Waals surface area contributed by atoms with Gasteiger partial charge in [0.1, 0.15) is 5.83 Å². The van der Waals surface area contributed by atoms with Crippen molar-refractivity contribution in [1.29, 1.82) is 0 Å². The molecule has 0 spiro atoms. The monoisotopic (exact) mass is 412 g/mol. The van der Waals surface area contributed by atoms with Gasteiger partial charge in [0.25, 0.3) is 15.0 Å². The number of alkyl halides is 1. The van der Waals surface area contributed by atoms with Crippen LogP contribution in [-0.4, -0.2) is 24.2 Å². The van der Waals surface area contributed by atoms with Crippen molar-refractivity contribution in [3.8, 4) is 0 Å². The summed E-state index contributed by atoms with van der Waals surface area (Å²) >= 11 is 3.59. The number of thiazole rings is 1. The van der Waals surface area contributed by atoms with Gasteiger partial charge in [-0.15, -0.1) is 0 Å². The van der Waals surface area contributed by atoms with Crippen LogP contribution < -0.4 is 4.72 Å². The molecule has 0 bridgehead atoms. The van der Waals surface area contributed by atoms with E-state index in [1.54, 1.807) is 6.92 Å². The molecule has 5 nitrogen and oxygen atoms in total. The molecule has 0 saturated carbocycles. The Kier molecular flexibility index (Phi) is 4.56. The molecule has 1 aromatic heterocycles. The number of aryl methyl sites for hydroxylation is 1. The van der Waals surface area contributed by atoms with Crippen LogP contribution in [0.4, 0.5) is 13.9 Å². The number of Topliss-reactive ketones (excluding diaryl/α,β-unsaturated/α-hetero) is 1. The molecule has 1 aliphatic rings.